The van der Waals surface area contributed by atoms with Crippen molar-refractivity contribution in [3.05, 3.63) is 12.2 Å². The van der Waals surface area contributed by atoms with E-state index in [1.807, 2.05) is 12.2 Å². The summed E-state index contributed by atoms with van der Waals surface area (Å²) in [5.74, 6) is -2.80. The van der Waals surface area contributed by atoms with E-state index < -0.39 is 23.8 Å². The molecule has 6 heteroatoms. The first-order valence-corrected chi connectivity index (χ1v) is 5.81. The topological polar surface area (TPSA) is 83.9 Å². The number of carbonyl (C=O) groups is 3. The molecular weight excluding hydrogens is 238 g/mol. The van der Waals surface area contributed by atoms with Gasteiger partial charge in [0.25, 0.3) is 0 Å². The van der Waals surface area contributed by atoms with Crippen molar-refractivity contribution in [1.29, 1.82) is 0 Å². The van der Waals surface area contributed by atoms with Crippen LogP contribution in [0.5, 0.6) is 0 Å². The normalized spacial score (nSPS) is 28.4. The maximum absolute atomic E-state index is 12.1. The van der Waals surface area contributed by atoms with Crippen LogP contribution in [0.2, 0.25) is 0 Å². The molecule has 1 aliphatic heterocycles. The Bertz CT molecular complexity index is 391. The molecule has 0 bridgehead atoms. The number of nitrogens with zero attached hydrogens (tertiary/aromatic N) is 1. The number of rotatable bonds is 4. The van der Waals surface area contributed by atoms with Crippen LogP contribution in [0.25, 0.3) is 0 Å². The van der Waals surface area contributed by atoms with Crippen LogP contribution < -0.4 is 0 Å². The molecule has 3 atom stereocenters. The van der Waals surface area contributed by atoms with Gasteiger partial charge < -0.3 is 9.84 Å². The average Bonchev–Trinajstić information content (AvgIpc) is 2.60. The van der Waals surface area contributed by atoms with Gasteiger partial charge in [-0.2, -0.15) is 0 Å². The van der Waals surface area contributed by atoms with Gasteiger partial charge >= 0.3 is 5.97 Å². The zero-order valence-corrected chi connectivity index (χ0v) is 10.0. The number of hydrogen-bond donors (Lipinski definition) is 1. The highest BCUT2D eigenvalue weighted by atomic mass is 16.5. The zero-order valence-electron chi connectivity index (χ0n) is 10.0. The molecule has 1 fully saturated rings. The lowest BCUT2D eigenvalue weighted by Crippen LogP contribution is -2.48. The number of imide groups is 1. The van der Waals surface area contributed by atoms with Gasteiger partial charge in [0.05, 0.1) is 18.4 Å². The summed E-state index contributed by atoms with van der Waals surface area (Å²) in [5, 5.41) is 9.09. The van der Waals surface area contributed by atoms with Crippen molar-refractivity contribution in [2.75, 3.05) is 13.7 Å². The summed E-state index contributed by atoms with van der Waals surface area (Å²) in [6.07, 6.45) is 4.74. The number of ether oxygens (including phenoxy) is 1. The lowest BCUT2D eigenvalue weighted by atomic mass is 9.85. The SMILES string of the molecule is COCC(C(=O)O)N1C(=O)[C@H]2CC=CC[C@H]2C1=O. The minimum Gasteiger partial charge on any atom is -0.480 e. The van der Waals surface area contributed by atoms with E-state index in [1.165, 1.54) is 7.11 Å². The van der Waals surface area contributed by atoms with Gasteiger partial charge in [0, 0.05) is 7.11 Å². The van der Waals surface area contributed by atoms with Crippen molar-refractivity contribution in [1.82, 2.24) is 4.90 Å². The predicted octanol–water partition coefficient (Wildman–Crippen LogP) is 0.0372. The summed E-state index contributed by atoms with van der Waals surface area (Å²) in [7, 11) is 1.34. The van der Waals surface area contributed by atoms with Crippen LogP contribution in [-0.4, -0.2) is 47.5 Å². The van der Waals surface area contributed by atoms with Crippen molar-refractivity contribution in [3.63, 3.8) is 0 Å². The van der Waals surface area contributed by atoms with E-state index in [0.29, 0.717) is 12.8 Å². The van der Waals surface area contributed by atoms with Gasteiger partial charge in [-0.25, -0.2) is 4.79 Å². The van der Waals surface area contributed by atoms with E-state index >= 15 is 0 Å². The van der Waals surface area contributed by atoms with Crippen molar-refractivity contribution >= 4 is 17.8 Å². The maximum atomic E-state index is 12.1. The number of carbonyl (C=O) groups excluding carboxylic acids is 2. The second-order valence-corrected chi connectivity index (χ2v) is 4.51. The molecule has 2 aliphatic rings. The quantitative estimate of drug-likeness (QED) is 0.564. The number of likely N-dealkylation sites (tertiary alicyclic amines) is 1. The summed E-state index contributed by atoms with van der Waals surface area (Å²) in [4.78, 5) is 36.2. The van der Waals surface area contributed by atoms with Crippen molar-refractivity contribution in [2.45, 2.75) is 18.9 Å². The molecule has 2 rings (SSSR count). The van der Waals surface area contributed by atoms with Crippen LogP contribution in [0.15, 0.2) is 12.2 Å². The molecule has 18 heavy (non-hydrogen) atoms. The van der Waals surface area contributed by atoms with Gasteiger partial charge in [-0.3, -0.25) is 14.5 Å². The molecule has 0 saturated carbocycles. The van der Waals surface area contributed by atoms with Gasteiger partial charge in [0.15, 0.2) is 6.04 Å². The Morgan fingerprint density at radius 3 is 2.28 bits per heavy atom. The van der Waals surface area contributed by atoms with Crippen molar-refractivity contribution < 1.29 is 24.2 Å². The van der Waals surface area contributed by atoms with E-state index in [-0.39, 0.29) is 18.4 Å². The molecule has 0 aromatic heterocycles. The molecule has 1 N–H and O–H groups in total. The molecule has 1 unspecified atom stereocenters. The van der Waals surface area contributed by atoms with Gasteiger partial charge in [-0.05, 0) is 12.8 Å². The smallest absolute Gasteiger partial charge is 0.329 e. The molecule has 1 saturated heterocycles. The summed E-state index contributed by atoms with van der Waals surface area (Å²) in [5.41, 5.74) is 0. The summed E-state index contributed by atoms with van der Waals surface area (Å²) in [6.45, 7) is -0.181. The highest BCUT2D eigenvalue weighted by Crippen LogP contribution is 2.36. The van der Waals surface area contributed by atoms with Crippen molar-refractivity contribution in [3.8, 4) is 0 Å². The van der Waals surface area contributed by atoms with Gasteiger partial charge in [0.1, 0.15) is 0 Å². The third-order valence-electron chi connectivity index (χ3n) is 3.46. The fraction of sp³-hybridized carbons (Fsp3) is 0.583. The van der Waals surface area contributed by atoms with Crippen molar-refractivity contribution in [2.24, 2.45) is 11.8 Å². The van der Waals surface area contributed by atoms with Crippen LogP contribution in [0, 0.1) is 11.8 Å². The van der Waals surface area contributed by atoms with Crippen LogP contribution in [0.4, 0.5) is 0 Å². The number of aliphatic carboxylic acids is 1. The molecule has 0 aromatic carbocycles. The standard InChI is InChI=1S/C12H15NO5/c1-18-6-9(12(16)17)13-10(14)7-4-2-3-5-8(7)11(13)15/h2-3,7-9H,4-6H2,1H3,(H,16,17)/t7-,8+,9?. The summed E-state index contributed by atoms with van der Waals surface area (Å²) in [6, 6.07) is -1.22. The molecule has 0 spiro atoms. The summed E-state index contributed by atoms with van der Waals surface area (Å²) >= 11 is 0. The highest BCUT2D eigenvalue weighted by molar-refractivity contribution is 6.08. The molecule has 98 valence electrons. The Labute approximate surface area is 104 Å². The number of carboxylic acids is 1. The van der Waals surface area contributed by atoms with Crippen LogP contribution in [0.1, 0.15) is 12.8 Å². The Morgan fingerprint density at radius 2 is 1.89 bits per heavy atom. The van der Waals surface area contributed by atoms with Gasteiger partial charge in [0.2, 0.25) is 11.8 Å². The second-order valence-electron chi connectivity index (χ2n) is 4.51. The zero-order chi connectivity index (χ0) is 13.3. The Balaban J connectivity index is 2.26. The Kier molecular flexibility index (Phi) is 3.47. The number of amides is 2. The summed E-state index contributed by atoms with van der Waals surface area (Å²) < 4.78 is 4.79. The first-order valence-electron chi connectivity index (χ1n) is 5.81. The highest BCUT2D eigenvalue weighted by Gasteiger charge is 2.51. The van der Waals surface area contributed by atoms with Crippen LogP contribution in [-0.2, 0) is 19.1 Å². The van der Waals surface area contributed by atoms with E-state index in [1.54, 1.807) is 0 Å². The maximum Gasteiger partial charge on any atom is 0.329 e. The van der Waals surface area contributed by atoms with E-state index in [2.05, 4.69) is 0 Å². The molecular formula is C12H15NO5. The predicted molar refractivity (Wildman–Crippen MR) is 60.5 cm³/mol. The third-order valence-corrected chi connectivity index (χ3v) is 3.46. The minimum atomic E-state index is -1.22. The van der Waals surface area contributed by atoms with E-state index in [9.17, 15) is 14.4 Å². The van der Waals surface area contributed by atoms with E-state index in [0.717, 1.165) is 4.90 Å². The second kappa shape index (κ2) is 4.89. The number of methoxy groups -OCH3 is 1. The first kappa shape index (κ1) is 12.8. The Hall–Kier alpha value is -1.69. The number of allylic oxidation sites excluding steroid dienone is 2. The largest absolute Gasteiger partial charge is 0.480 e. The van der Waals surface area contributed by atoms with Gasteiger partial charge in [-0.15, -0.1) is 0 Å². The van der Waals surface area contributed by atoms with E-state index in [4.69, 9.17) is 9.84 Å². The van der Waals surface area contributed by atoms with Crippen LogP contribution >= 0.6 is 0 Å². The Morgan fingerprint density at radius 1 is 1.39 bits per heavy atom. The van der Waals surface area contributed by atoms with Gasteiger partial charge in [-0.1, -0.05) is 12.2 Å². The molecule has 1 heterocycles. The fourth-order valence-corrected chi connectivity index (χ4v) is 2.55. The minimum absolute atomic E-state index is 0.181. The number of carboxylic acid groups (broad SMARTS) is 1. The molecule has 0 radical (unpaired) electrons. The molecule has 0 aromatic rings. The number of hydrogen-bond acceptors (Lipinski definition) is 4. The number of fused-ring (bicyclic) bond motifs is 1. The molecule has 1 aliphatic carbocycles. The lowest BCUT2D eigenvalue weighted by Gasteiger charge is -2.22. The lowest BCUT2D eigenvalue weighted by molar-refractivity contribution is -0.157. The first-order chi connectivity index (χ1) is 8.57. The average molecular weight is 253 g/mol. The third kappa shape index (κ3) is 1.92. The molecule has 6 nitrogen and oxygen atoms in total. The van der Waals surface area contributed by atoms with Crippen LogP contribution in [0.3, 0.4) is 0 Å². The molecule has 2 amide bonds. The fourth-order valence-electron chi connectivity index (χ4n) is 2.55. The monoisotopic (exact) mass is 253 g/mol.